The second-order valence-corrected chi connectivity index (χ2v) is 42.2. The molecule has 0 bridgehead atoms. The van der Waals surface area contributed by atoms with Gasteiger partial charge < -0.3 is 0 Å². The lowest BCUT2D eigenvalue weighted by molar-refractivity contribution is 0.660. The van der Waals surface area contributed by atoms with Crippen molar-refractivity contribution in [3.63, 3.8) is 0 Å². The summed E-state index contributed by atoms with van der Waals surface area (Å²) in [5.41, 5.74) is 44.6. The van der Waals surface area contributed by atoms with Crippen molar-refractivity contribution in [2.45, 2.75) is 77.0 Å². The number of hydrogen-bond donors (Lipinski definition) is 0. The van der Waals surface area contributed by atoms with Gasteiger partial charge in [-0.3, -0.25) is 0 Å². The van der Waals surface area contributed by atoms with Crippen LogP contribution >= 0.6 is 0 Å². The molecule has 0 heterocycles. The lowest BCUT2D eigenvalue weighted by atomic mass is 9.79. The van der Waals surface area contributed by atoms with Gasteiger partial charge in [0.1, 0.15) is 0 Å². The van der Waals surface area contributed by atoms with Gasteiger partial charge >= 0.3 is 0 Å². The predicted octanol–water partition coefficient (Wildman–Crippen LogP) is 39.7. The Morgan fingerprint density at radius 2 is 0.333 bits per heavy atom. The van der Waals surface area contributed by atoms with Crippen LogP contribution in [0.4, 0.5) is 0 Å². The number of fused-ring (bicyclic) bond motifs is 22. The smallest absolute Gasteiger partial charge is 0.0159 e. The van der Waals surface area contributed by atoms with Gasteiger partial charge in [0, 0.05) is 21.7 Å². The molecule has 0 aliphatic heterocycles. The van der Waals surface area contributed by atoms with Gasteiger partial charge in [0.25, 0.3) is 0 Å². The number of benzene rings is 25. The molecular formula is C144H104. The summed E-state index contributed by atoms with van der Waals surface area (Å²) in [6.45, 7) is 19.0. The molecule has 0 fully saturated rings. The zero-order valence-corrected chi connectivity index (χ0v) is 82.2. The Balaban J connectivity index is 0.000000108. The molecule has 0 heteroatoms. The van der Waals surface area contributed by atoms with Crippen molar-refractivity contribution < 1.29 is 0 Å². The first-order valence-corrected chi connectivity index (χ1v) is 51.0. The molecule has 144 heavy (non-hydrogen) atoms. The predicted molar refractivity (Wildman–Crippen MR) is 616 cm³/mol. The lowest BCUT2D eigenvalue weighted by Crippen LogP contribution is -2.15. The maximum atomic E-state index is 2.49. The normalized spacial score (nSPS) is 13.8. The molecule has 0 nitrogen and oxygen atoms in total. The zero-order chi connectivity index (χ0) is 96.6. The van der Waals surface area contributed by atoms with Crippen molar-refractivity contribution in [2.75, 3.05) is 0 Å². The van der Waals surface area contributed by atoms with Crippen molar-refractivity contribution >= 4 is 97.0 Å². The molecule has 0 aromatic heterocycles. The molecule has 29 rings (SSSR count). The zero-order valence-electron chi connectivity index (χ0n) is 82.2. The van der Waals surface area contributed by atoms with Gasteiger partial charge in [-0.05, 0) is 335 Å². The molecule has 4 aliphatic rings. The van der Waals surface area contributed by atoms with Gasteiger partial charge in [0.2, 0.25) is 0 Å². The molecule has 0 spiro atoms. The molecule has 25 aromatic carbocycles. The SMILES string of the molecule is CC1(C)c2ccccc2-c2ccc(-c3c4ccccc4c(-c4cc5ccccc5c5ccccc45)c4ccc(-c5ccccc5)cc34)cc21.CC1(C)c2ccccc2-c2ccc(-c3c4ccccc4c(-c4ccc5c(c4)C(C)(C)c4ccccc4-5)c4cc(-c5ccccc5)ccc34)cc21.CC1(C)c2ccccc2-c2ccc(-c3c4ccccc4c(-c4cccc5ccccc45)c4ccc(-c5ccccc5)cc34)cc21. The van der Waals surface area contributed by atoms with Crippen molar-refractivity contribution in [2.24, 2.45) is 0 Å². The van der Waals surface area contributed by atoms with E-state index in [1.54, 1.807) is 0 Å². The summed E-state index contributed by atoms with van der Waals surface area (Å²) in [5.74, 6) is 0. The average molecular weight is 1830 g/mol. The monoisotopic (exact) mass is 1830 g/mol. The van der Waals surface area contributed by atoms with Crippen LogP contribution in [-0.2, 0) is 21.7 Å². The Hall–Kier alpha value is -17.2. The minimum Gasteiger partial charge on any atom is -0.0622 e. The highest BCUT2D eigenvalue weighted by Crippen LogP contribution is 2.59. The lowest BCUT2D eigenvalue weighted by Gasteiger charge is -2.24. The molecule has 680 valence electrons. The van der Waals surface area contributed by atoms with Crippen molar-refractivity contribution in [1.82, 2.24) is 0 Å². The van der Waals surface area contributed by atoms with Crippen LogP contribution in [0.2, 0.25) is 0 Å². The van der Waals surface area contributed by atoms with Crippen molar-refractivity contribution in [3.8, 4) is 145 Å². The Morgan fingerprint density at radius 3 is 0.688 bits per heavy atom. The quantitative estimate of drug-likeness (QED) is 0.0998. The van der Waals surface area contributed by atoms with E-state index in [2.05, 4.69) is 541 Å². The average Bonchev–Trinajstić information content (AvgIpc) is 0.887. The molecule has 0 saturated carbocycles. The van der Waals surface area contributed by atoms with Gasteiger partial charge in [-0.15, -0.1) is 0 Å². The van der Waals surface area contributed by atoms with E-state index in [4.69, 9.17) is 0 Å². The maximum Gasteiger partial charge on any atom is 0.0159 e. The fourth-order valence-electron chi connectivity index (χ4n) is 25.9. The van der Waals surface area contributed by atoms with E-state index in [1.807, 2.05) is 0 Å². The second kappa shape index (κ2) is 33.3. The van der Waals surface area contributed by atoms with E-state index in [0.29, 0.717) is 0 Å². The molecule has 4 aliphatic carbocycles. The fourth-order valence-corrected chi connectivity index (χ4v) is 25.9. The van der Waals surface area contributed by atoms with Crippen molar-refractivity contribution in [3.05, 3.63) is 530 Å². The topological polar surface area (TPSA) is 0 Å². The molecule has 0 radical (unpaired) electrons. The molecule has 0 amide bonds. The van der Waals surface area contributed by atoms with E-state index < -0.39 is 0 Å². The molecule has 0 N–H and O–H groups in total. The highest BCUT2D eigenvalue weighted by molar-refractivity contribution is 6.29. The first-order chi connectivity index (χ1) is 70.5. The summed E-state index contributed by atoms with van der Waals surface area (Å²) in [6.07, 6.45) is 0. The summed E-state index contributed by atoms with van der Waals surface area (Å²) in [4.78, 5) is 0. The van der Waals surface area contributed by atoms with Crippen LogP contribution in [-0.4, -0.2) is 0 Å². The van der Waals surface area contributed by atoms with Gasteiger partial charge in [-0.1, -0.05) is 492 Å². The minimum atomic E-state index is -0.0767. The molecule has 0 saturated heterocycles. The summed E-state index contributed by atoms with van der Waals surface area (Å²) < 4.78 is 0. The third-order valence-corrected chi connectivity index (χ3v) is 33.0. The van der Waals surface area contributed by atoms with Crippen LogP contribution in [0.1, 0.15) is 99.9 Å². The summed E-state index contributed by atoms with van der Waals surface area (Å²) in [5, 5.41) is 23.1. The van der Waals surface area contributed by atoms with E-state index in [9.17, 15) is 0 Å². The third-order valence-electron chi connectivity index (χ3n) is 33.0. The van der Waals surface area contributed by atoms with E-state index in [1.165, 1.54) is 286 Å². The van der Waals surface area contributed by atoms with Crippen LogP contribution in [0.25, 0.3) is 242 Å². The van der Waals surface area contributed by atoms with Crippen LogP contribution in [0.15, 0.2) is 485 Å². The standard InChI is InChI=1S/C50H38.C49H34.C45H32/c1-49(2)43-20-12-10-16-35(43)37-25-23-33(29-45(37)49)47-39-18-8-9-19-40(39)48(42-28-32(22-27-41(42)47)31-14-6-5-7-15-31)34-24-26-38-36-17-11-13-21-44(36)50(3,4)46(38)30-34;1-49(2)45-23-13-12-20-38(45)39-26-25-34(30-46(39)49)47-40-21-10-11-22-41(40)48(42-27-24-32(28-44(42)47)31-14-4-3-5-15-31)43-29-33-16-6-7-17-35(33)36-18-8-9-19-37(36)43;1-45(2)41-22-11-10-18-34(41)35-25-24-32(28-42(35)45)43-37-19-8-9-20-38(37)44(36-21-12-16-30-15-6-7-17-33(30)36)39-26-23-31(27-40(39)43)29-13-4-3-5-14-29/h5-30H,1-4H3;3-30H,1-2H3;3-28H,1-2H3. The number of hydrogen-bond acceptors (Lipinski definition) is 0. The van der Waals surface area contributed by atoms with Crippen LogP contribution < -0.4 is 0 Å². The Morgan fingerprint density at radius 1 is 0.104 bits per heavy atom. The number of rotatable bonds is 9. The fraction of sp³-hybridized carbons (Fsp3) is 0.0833. The van der Waals surface area contributed by atoms with E-state index in [-0.39, 0.29) is 21.7 Å². The van der Waals surface area contributed by atoms with Crippen molar-refractivity contribution in [1.29, 1.82) is 0 Å². The largest absolute Gasteiger partial charge is 0.0622 e. The second-order valence-electron chi connectivity index (χ2n) is 42.2. The van der Waals surface area contributed by atoms with Gasteiger partial charge in [0.15, 0.2) is 0 Å². The Bertz CT molecular complexity index is 9670. The molecule has 0 atom stereocenters. The van der Waals surface area contributed by atoms with E-state index >= 15 is 0 Å². The summed E-state index contributed by atoms with van der Waals surface area (Å²) >= 11 is 0. The van der Waals surface area contributed by atoms with Gasteiger partial charge in [-0.25, -0.2) is 0 Å². The van der Waals surface area contributed by atoms with Crippen LogP contribution in [0.3, 0.4) is 0 Å². The minimum absolute atomic E-state index is 0.0639. The van der Waals surface area contributed by atoms with Gasteiger partial charge in [0.05, 0.1) is 0 Å². The van der Waals surface area contributed by atoms with Gasteiger partial charge in [-0.2, -0.15) is 0 Å². The summed E-state index contributed by atoms with van der Waals surface area (Å²) in [6, 6.07) is 181. The maximum absolute atomic E-state index is 2.49. The highest BCUT2D eigenvalue weighted by atomic mass is 14.4. The highest BCUT2D eigenvalue weighted by Gasteiger charge is 2.41. The Labute approximate surface area is 842 Å². The van der Waals surface area contributed by atoms with Crippen LogP contribution in [0, 0.1) is 0 Å². The van der Waals surface area contributed by atoms with E-state index in [0.717, 1.165) is 0 Å². The first-order valence-electron chi connectivity index (χ1n) is 51.0. The van der Waals surface area contributed by atoms with Crippen LogP contribution in [0.5, 0.6) is 0 Å². The molecular weight excluding hydrogens is 1730 g/mol. The first kappa shape index (κ1) is 86.0. The molecule has 25 aromatic rings. The third kappa shape index (κ3) is 13.4. The molecule has 0 unspecified atom stereocenters. The summed E-state index contributed by atoms with van der Waals surface area (Å²) in [7, 11) is 0. The Kier molecular flexibility index (Phi) is 19.9.